The zero-order valence-electron chi connectivity index (χ0n) is 12.0. The summed E-state index contributed by atoms with van der Waals surface area (Å²) in [6.45, 7) is 5.63. The maximum absolute atomic E-state index is 11.7. The van der Waals surface area contributed by atoms with Gasteiger partial charge in [-0.3, -0.25) is 4.98 Å². The first-order valence-corrected chi connectivity index (χ1v) is 6.82. The minimum atomic E-state index is -0.854. The third-order valence-electron chi connectivity index (χ3n) is 4.24. The Morgan fingerprint density at radius 1 is 1.35 bits per heavy atom. The van der Waals surface area contributed by atoms with Crippen LogP contribution in [0.3, 0.4) is 0 Å². The molecule has 20 heavy (non-hydrogen) atoms. The first-order chi connectivity index (χ1) is 9.49. The fraction of sp³-hybridized carbons (Fsp3) is 0.375. The summed E-state index contributed by atoms with van der Waals surface area (Å²) in [6, 6.07) is 3.87. The summed E-state index contributed by atoms with van der Waals surface area (Å²) in [5, 5.41) is 10.4. The molecule has 1 aromatic carbocycles. The third kappa shape index (κ3) is 1.88. The summed E-state index contributed by atoms with van der Waals surface area (Å²) in [7, 11) is 2.01. The molecule has 0 atom stereocenters. The van der Waals surface area contributed by atoms with E-state index in [0.717, 1.165) is 46.3 Å². The van der Waals surface area contributed by atoms with Crippen LogP contribution in [0.4, 0.5) is 0 Å². The van der Waals surface area contributed by atoms with Gasteiger partial charge in [-0.2, -0.15) is 0 Å². The molecule has 0 spiro atoms. The number of aromatic carboxylic acids is 1. The molecule has 1 N–H and O–H groups in total. The van der Waals surface area contributed by atoms with Crippen LogP contribution in [0.25, 0.3) is 10.9 Å². The second kappa shape index (κ2) is 4.56. The monoisotopic (exact) mass is 270 g/mol. The molecular weight excluding hydrogens is 252 g/mol. The smallest absolute Gasteiger partial charge is 0.336 e. The molecule has 104 valence electrons. The maximum atomic E-state index is 11.7. The largest absolute Gasteiger partial charge is 0.478 e. The van der Waals surface area contributed by atoms with Crippen LogP contribution in [0.2, 0.25) is 0 Å². The molecule has 0 amide bonds. The van der Waals surface area contributed by atoms with Crippen LogP contribution >= 0.6 is 0 Å². The molecule has 0 aliphatic carbocycles. The first kappa shape index (κ1) is 13.1. The fourth-order valence-electron chi connectivity index (χ4n) is 2.92. The molecule has 0 radical (unpaired) electrons. The SMILES string of the molecule is Cc1ccc2c(C(=O)O)c3c(nc2c1C)CCN(C)C3. The highest BCUT2D eigenvalue weighted by Gasteiger charge is 2.24. The van der Waals surface area contributed by atoms with E-state index in [-0.39, 0.29) is 0 Å². The highest BCUT2D eigenvalue weighted by molar-refractivity contribution is 6.05. The molecular formula is C16H18N2O2. The molecule has 1 aliphatic heterocycles. The highest BCUT2D eigenvalue weighted by Crippen LogP contribution is 2.30. The molecule has 0 bridgehead atoms. The van der Waals surface area contributed by atoms with Crippen LogP contribution in [-0.4, -0.2) is 34.6 Å². The predicted molar refractivity (Wildman–Crippen MR) is 78.2 cm³/mol. The van der Waals surface area contributed by atoms with Crippen molar-refractivity contribution < 1.29 is 9.90 Å². The second-order valence-electron chi connectivity index (χ2n) is 5.61. The summed E-state index contributed by atoms with van der Waals surface area (Å²) in [6.07, 6.45) is 0.815. The van der Waals surface area contributed by atoms with Crippen molar-refractivity contribution in [2.75, 3.05) is 13.6 Å². The van der Waals surface area contributed by atoms with Crippen LogP contribution in [0.1, 0.15) is 32.7 Å². The van der Waals surface area contributed by atoms with Gasteiger partial charge in [0.1, 0.15) is 0 Å². The quantitative estimate of drug-likeness (QED) is 0.865. The van der Waals surface area contributed by atoms with Crippen molar-refractivity contribution >= 4 is 16.9 Å². The summed E-state index contributed by atoms with van der Waals surface area (Å²) in [5.74, 6) is -0.854. The second-order valence-corrected chi connectivity index (χ2v) is 5.61. The molecule has 2 heterocycles. The Kier molecular flexibility index (Phi) is 2.98. The number of hydrogen-bond donors (Lipinski definition) is 1. The van der Waals surface area contributed by atoms with Crippen LogP contribution in [0.5, 0.6) is 0 Å². The summed E-state index contributed by atoms with van der Waals surface area (Å²) < 4.78 is 0. The summed E-state index contributed by atoms with van der Waals surface area (Å²) in [5.41, 5.74) is 5.31. The van der Waals surface area contributed by atoms with Crippen molar-refractivity contribution in [1.29, 1.82) is 0 Å². The Hall–Kier alpha value is -1.94. The van der Waals surface area contributed by atoms with Gasteiger partial charge in [-0.25, -0.2) is 4.79 Å². The Morgan fingerprint density at radius 3 is 2.80 bits per heavy atom. The molecule has 4 nitrogen and oxygen atoms in total. The molecule has 0 saturated carbocycles. The number of carbonyl (C=O) groups is 1. The van der Waals surface area contributed by atoms with Crippen molar-refractivity contribution in [3.05, 3.63) is 40.1 Å². The Morgan fingerprint density at radius 2 is 2.10 bits per heavy atom. The lowest BCUT2D eigenvalue weighted by atomic mass is 9.93. The lowest BCUT2D eigenvalue weighted by Crippen LogP contribution is -2.29. The van der Waals surface area contributed by atoms with E-state index in [1.54, 1.807) is 0 Å². The Labute approximate surface area is 118 Å². The van der Waals surface area contributed by atoms with Crippen LogP contribution < -0.4 is 0 Å². The van der Waals surface area contributed by atoms with E-state index in [9.17, 15) is 9.90 Å². The van der Waals surface area contributed by atoms with Crippen molar-refractivity contribution in [2.45, 2.75) is 26.8 Å². The average molecular weight is 270 g/mol. The van der Waals surface area contributed by atoms with Crippen LogP contribution in [0, 0.1) is 13.8 Å². The number of rotatable bonds is 1. The van der Waals surface area contributed by atoms with Crippen molar-refractivity contribution in [2.24, 2.45) is 0 Å². The molecule has 0 fully saturated rings. The third-order valence-corrected chi connectivity index (χ3v) is 4.24. The summed E-state index contributed by atoms with van der Waals surface area (Å²) >= 11 is 0. The van der Waals surface area contributed by atoms with Gasteiger partial charge in [-0.15, -0.1) is 0 Å². The van der Waals surface area contributed by atoms with Gasteiger partial charge in [0, 0.05) is 36.2 Å². The van der Waals surface area contributed by atoms with E-state index in [2.05, 4.69) is 4.90 Å². The summed E-state index contributed by atoms with van der Waals surface area (Å²) in [4.78, 5) is 18.6. The van der Waals surface area contributed by atoms with Gasteiger partial charge in [-0.05, 0) is 32.0 Å². The van der Waals surface area contributed by atoms with Crippen molar-refractivity contribution in [1.82, 2.24) is 9.88 Å². The minimum Gasteiger partial charge on any atom is -0.478 e. The van der Waals surface area contributed by atoms with Crippen LogP contribution in [0.15, 0.2) is 12.1 Å². The number of pyridine rings is 1. The number of hydrogen-bond acceptors (Lipinski definition) is 3. The topological polar surface area (TPSA) is 53.4 Å². The molecule has 1 aliphatic rings. The van der Waals surface area contributed by atoms with Crippen LogP contribution in [-0.2, 0) is 13.0 Å². The van der Waals surface area contributed by atoms with E-state index in [0.29, 0.717) is 12.1 Å². The Balaban J connectivity index is 2.41. The van der Waals surface area contributed by atoms with Gasteiger partial charge in [0.15, 0.2) is 0 Å². The van der Waals surface area contributed by atoms with Gasteiger partial charge in [0.05, 0.1) is 11.1 Å². The predicted octanol–water partition coefficient (Wildman–Crippen LogP) is 2.54. The van der Waals surface area contributed by atoms with E-state index < -0.39 is 5.97 Å². The Bertz CT molecular complexity index is 722. The lowest BCUT2D eigenvalue weighted by Gasteiger charge is -2.26. The number of nitrogens with zero attached hydrogens (tertiary/aromatic N) is 2. The number of aryl methyl sites for hydroxylation is 2. The van der Waals surface area contributed by atoms with Gasteiger partial charge < -0.3 is 10.0 Å². The zero-order chi connectivity index (χ0) is 14.4. The number of aromatic nitrogens is 1. The maximum Gasteiger partial charge on any atom is 0.336 e. The van der Waals surface area contributed by atoms with Crippen molar-refractivity contribution in [3.8, 4) is 0 Å². The average Bonchev–Trinajstić information content (AvgIpc) is 2.40. The molecule has 0 unspecified atom stereocenters. The van der Waals surface area contributed by atoms with Gasteiger partial charge in [-0.1, -0.05) is 12.1 Å². The van der Waals surface area contributed by atoms with E-state index in [1.165, 1.54) is 0 Å². The number of fused-ring (bicyclic) bond motifs is 2. The van der Waals surface area contributed by atoms with Gasteiger partial charge in [0.25, 0.3) is 0 Å². The standard InChI is InChI=1S/C16H18N2O2/c1-9-4-5-11-14(16(19)20)12-8-18(3)7-6-13(12)17-15(11)10(9)2/h4-5H,6-8H2,1-3H3,(H,19,20). The zero-order valence-corrected chi connectivity index (χ0v) is 12.0. The number of benzene rings is 1. The highest BCUT2D eigenvalue weighted by atomic mass is 16.4. The van der Waals surface area contributed by atoms with E-state index >= 15 is 0 Å². The number of carboxylic acid groups (broad SMARTS) is 1. The normalized spacial score (nSPS) is 15.3. The van der Waals surface area contributed by atoms with E-state index in [4.69, 9.17) is 4.98 Å². The molecule has 4 heteroatoms. The molecule has 0 saturated heterocycles. The number of carboxylic acids is 1. The molecule has 3 rings (SSSR count). The minimum absolute atomic E-state index is 0.430. The van der Waals surface area contributed by atoms with Gasteiger partial charge in [0.2, 0.25) is 0 Å². The fourth-order valence-corrected chi connectivity index (χ4v) is 2.92. The van der Waals surface area contributed by atoms with E-state index in [1.807, 2.05) is 33.0 Å². The molecule has 1 aromatic heterocycles. The number of likely N-dealkylation sites (N-methyl/N-ethyl adjacent to an activating group) is 1. The molecule has 2 aromatic rings. The lowest BCUT2D eigenvalue weighted by molar-refractivity contribution is 0.0696. The van der Waals surface area contributed by atoms with Gasteiger partial charge >= 0.3 is 5.97 Å². The first-order valence-electron chi connectivity index (χ1n) is 6.82. The van der Waals surface area contributed by atoms with Crippen molar-refractivity contribution in [3.63, 3.8) is 0 Å².